The number of urea groups is 1. The summed E-state index contributed by atoms with van der Waals surface area (Å²) in [6.07, 6.45) is 5.64. The fraction of sp³-hybridized carbons (Fsp3) is 0.579. The molecular weight excluding hydrogens is 726 g/mol. The normalized spacial score (nSPS) is 15.5. The van der Waals surface area contributed by atoms with Gasteiger partial charge < -0.3 is 47.3 Å². The minimum absolute atomic E-state index is 0.00891. The van der Waals surface area contributed by atoms with Crippen molar-refractivity contribution in [3.63, 3.8) is 0 Å². The van der Waals surface area contributed by atoms with Crippen LogP contribution in [0.15, 0.2) is 36.4 Å². The Bertz CT molecular complexity index is 1540. The molecule has 2 heterocycles. The summed E-state index contributed by atoms with van der Waals surface area (Å²) in [5.74, 6) is -2.47. The maximum absolute atomic E-state index is 13.4. The molecule has 0 spiro atoms. The summed E-state index contributed by atoms with van der Waals surface area (Å²) < 4.78 is 5.27. The average Bonchev–Trinajstić information content (AvgIpc) is 3.48. The molecular formula is C38H57N9O9. The Morgan fingerprint density at radius 2 is 1.48 bits per heavy atom. The van der Waals surface area contributed by atoms with Crippen LogP contribution in [0.3, 0.4) is 0 Å². The number of nitrogens with two attached hydrogens (primary N) is 1. The Morgan fingerprint density at radius 1 is 0.821 bits per heavy atom. The van der Waals surface area contributed by atoms with Gasteiger partial charge in [0.2, 0.25) is 23.6 Å². The lowest BCUT2D eigenvalue weighted by Crippen LogP contribution is -2.54. The fourth-order valence-corrected chi connectivity index (χ4v) is 6.09. The van der Waals surface area contributed by atoms with E-state index in [-0.39, 0.29) is 74.5 Å². The number of hydrogen-bond acceptors (Lipinski definition) is 10. The molecule has 1 saturated heterocycles. The van der Waals surface area contributed by atoms with Gasteiger partial charge in [-0.3, -0.25) is 33.7 Å². The first-order chi connectivity index (χ1) is 26.7. The Kier molecular flexibility index (Phi) is 18.8. The molecule has 3 rings (SSSR count). The Hall–Kier alpha value is -5.52. The van der Waals surface area contributed by atoms with E-state index in [2.05, 4.69) is 36.8 Å². The molecule has 0 aliphatic carbocycles. The van der Waals surface area contributed by atoms with Crippen LogP contribution in [0.2, 0.25) is 0 Å². The first kappa shape index (κ1) is 44.9. The molecule has 1 fully saturated rings. The van der Waals surface area contributed by atoms with E-state index in [4.69, 9.17) is 10.5 Å². The highest BCUT2D eigenvalue weighted by molar-refractivity contribution is 6.12. The number of ether oxygens (including phenoxy) is 1. The molecule has 56 heavy (non-hydrogen) atoms. The highest BCUT2D eigenvalue weighted by Gasteiger charge is 2.29. The van der Waals surface area contributed by atoms with Crippen molar-refractivity contribution in [2.45, 2.75) is 83.9 Å². The standard InChI is InChI=1S/C38H57N9O9/c1-25(2)33(45-30(48)9-5-4-6-21-47-31(49)14-15-32(47)50)36(53)44-29(8-7-18-41-37(39)54)35(52)43-28-12-10-26(11-13-28)24-56-38(55)42-20-19-40-34(51)27-16-22-46(3)23-17-27/h10-15,25,27,29,33H,4-9,16-24H2,1-3H3,(H,40,51)(H,42,55)(H,43,52)(H,44,53)(H,45,48)(H3,39,41,54)/t29-,33-/m0/s1. The number of piperidine rings is 1. The van der Waals surface area contributed by atoms with Crippen LogP contribution < -0.4 is 37.6 Å². The number of anilines is 1. The zero-order valence-corrected chi connectivity index (χ0v) is 32.5. The van der Waals surface area contributed by atoms with Gasteiger partial charge in [-0.25, -0.2) is 9.59 Å². The number of imide groups is 1. The number of alkyl carbamates (subject to hydrolysis) is 1. The van der Waals surface area contributed by atoms with Crippen LogP contribution in [-0.2, 0) is 40.1 Å². The van der Waals surface area contributed by atoms with Gasteiger partial charge in [-0.05, 0) is 82.3 Å². The van der Waals surface area contributed by atoms with Gasteiger partial charge in [0.05, 0.1) is 0 Å². The molecule has 8 N–H and O–H groups in total. The van der Waals surface area contributed by atoms with Crippen LogP contribution in [0.5, 0.6) is 0 Å². The first-order valence-electron chi connectivity index (χ1n) is 19.2. The Morgan fingerprint density at radius 3 is 2.12 bits per heavy atom. The van der Waals surface area contributed by atoms with Crippen molar-refractivity contribution in [3.05, 3.63) is 42.0 Å². The van der Waals surface area contributed by atoms with Crippen molar-refractivity contribution in [3.8, 4) is 0 Å². The van der Waals surface area contributed by atoms with Crippen LogP contribution in [0.1, 0.15) is 70.8 Å². The number of carbonyl (C=O) groups excluding carboxylic acids is 8. The number of nitrogens with zero attached hydrogens (tertiary/aromatic N) is 2. The van der Waals surface area contributed by atoms with Crippen molar-refractivity contribution < 1.29 is 43.1 Å². The number of likely N-dealkylation sites (tertiary alicyclic amines) is 1. The second-order valence-corrected chi connectivity index (χ2v) is 14.3. The summed E-state index contributed by atoms with van der Waals surface area (Å²) in [5, 5.41) is 16.2. The largest absolute Gasteiger partial charge is 0.445 e. The van der Waals surface area contributed by atoms with E-state index in [1.165, 1.54) is 12.2 Å². The second-order valence-electron chi connectivity index (χ2n) is 14.3. The van der Waals surface area contributed by atoms with Gasteiger partial charge in [0.25, 0.3) is 11.8 Å². The molecule has 2 aliphatic heterocycles. The predicted octanol–water partition coefficient (Wildman–Crippen LogP) is 0.869. The SMILES string of the molecule is CC(C)[C@H](NC(=O)CCCCCN1C(=O)C=CC1=O)C(=O)N[C@@H](CCCNC(N)=O)C(=O)Nc1ccc(COC(=O)NCCNC(=O)C2CCN(C)CC2)cc1. The number of unbranched alkanes of at least 4 members (excludes halogenated alkanes) is 2. The quantitative estimate of drug-likeness (QED) is 0.0646. The molecule has 2 atom stereocenters. The van der Waals surface area contributed by atoms with E-state index in [9.17, 15) is 38.4 Å². The molecule has 0 bridgehead atoms. The minimum Gasteiger partial charge on any atom is -0.445 e. The highest BCUT2D eigenvalue weighted by atomic mass is 16.5. The Labute approximate surface area is 327 Å². The molecule has 1 aromatic rings. The van der Waals surface area contributed by atoms with Gasteiger partial charge in [-0.15, -0.1) is 0 Å². The summed E-state index contributed by atoms with van der Waals surface area (Å²) in [6, 6.07) is 3.89. The fourth-order valence-electron chi connectivity index (χ4n) is 6.09. The number of amides is 9. The van der Waals surface area contributed by atoms with Gasteiger partial charge in [-0.1, -0.05) is 32.4 Å². The highest BCUT2D eigenvalue weighted by Crippen LogP contribution is 2.16. The van der Waals surface area contributed by atoms with Crippen LogP contribution >= 0.6 is 0 Å². The molecule has 18 nitrogen and oxygen atoms in total. The number of rotatable bonds is 22. The molecule has 0 unspecified atom stereocenters. The molecule has 0 saturated carbocycles. The topological polar surface area (TPSA) is 250 Å². The maximum Gasteiger partial charge on any atom is 0.407 e. The van der Waals surface area contributed by atoms with Gasteiger partial charge in [0.1, 0.15) is 18.7 Å². The zero-order chi connectivity index (χ0) is 41.0. The zero-order valence-electron chi connectivity index (χ0n) is 32.5. The third-order valence-electron chi connectivity index (χ3n) is 9.43. The van der Waals surface area contributed by atoms with E-state index in [1.54, 1.807) is 38.1 Å². The lowest BCUT2D eigenvalue weighted by molar-refractivity contribution is -0.137. The van der Waals surface area contributed by atoms with Crippen LogP contribution in [-0.4, -0.2) is 116 Å². The number of primary amides is 1. The second kappa shape index (κ2) is 23.4. The number of carbonyl (C=O) groups is 8. The molecule has 308 valence electrons. The van der Waals surface area contributed by atoms with E-state index in [0.717, 1.165) is 30.8 Å². The lowest BCUT2D eigenvalue weighted by atomic mass is 9.96. The van der Waals surface area contributed by atoms with Crippen LogP contribution in [0.4, 0.5) is 15.3 Å². The summed E-state index contributed by atoms with van der Waals surface area (Å²) in [4.78, 5) is 102. The van der Waals surface area contributed by atoms with Crippen molar-refractivity contribution >= 4 is 53.3 Å². The molecule has 18 heteroatoms. The van der Waals surface area contributed by atoms with Crippen molar-refractivity contribution in [1.29, 1.82) is 0 Å². The molecule has 0 aromatic heterocycles. The summed E-state index contributed by atoms with van der Waals surface area (Å²) in [6.45, 7) is 6.21. The predicted molar refractivity (Wildman–Crippen MR) is 206 cm³/mol. The molecule has 9 amide bonds. The third-order valence-corrected chi connectivity index (χ3v) is 9.43. The van der Waals surface area contributed by atoms with Gasteiger partial charge >= 0.3 is 12.1 Å². The lowest BCUT2D eigenvalue weighted by Gasteiger charge is -2.28. The average molecular weight is 784 g/mol. The van der Waals surface area contributed by atoms with E-state index in [1.807, 2.05) is 7.05 Å². The summed E-state index contributed by atoms with van der Waals surface area (Å²) in [7, 11) is 2.03. The Balaban J connectivity index is 1.44. The van der Waals surface area contributed by atoms with E-state index >= 15 is 0 Å². The van der Waals surface area contributed by atoms with Gasteiger partial charge in [0, 0.05) is 56.4 Å². The minimum atomic E-state index is -1.03. The number of benzene rings is 1. The van der Waals surface area contributed by atoms with Gasteiger partial charge in [-0.2, -0.15) is 0 Å². The summed E-state index contributed by atoms with van der Waals surface area (Å²) in [5.41, 5.74) is 6.23. The molecule has 0 radical (unpaired) electrons. The first-order valence-corrected chi connectivity index (χ1v) is 19.2. The molecule has 1 aromatic carbocycles. The van der Waals surface area contributed by atoms with E-state index < -0.39 is 36.0 Å². The third kappa shape index (κ3) is 16.1. The number of hydrogen-bond donors (Lipinski definition) is 7. The van der Waals surface area contributed by atoms with Crippen molar-refractivity contribution in [2.75, 3.05) is 51.6 Å². The maximum atomic E-state index is 13.4. The molecule has 2 aliphatic rings. The number of nitrogens with one attached hydrogen (secondary N) is 6. The smallest absolute Gasteiger partial charge is 0.407 e. The summed E-state index contributed by atoms with van der Waals surface area (Å²) >= 11 is 0. The van der Waals surface area contributed by atoms with Crippen molar-refractivity contribution in [1.82, 2.24) is 36.4 Å². The van der Waals surface area contributed by atoms with Crippen molar-refractivity contribution in [2.24, 2.45) is 17.6 Å². The van der Waals surface area contributed by atoms with Crippen LogP contribution in [0.25, 0.3) is 0 Å². The van der Waals surface area contributed by atoms with Crippen LogP contribution in [0, 0.1) is 11.8 Å². The van der Waals surface area contributed by atoms with Gasteiger partial charge in [0.15, 0.2) is 0 Å². The monoisotopic (exact) mass is 783 g/mol. The van der Waals surface area contributed by atoms with E-state index in [0.29, 0.717) is 43.5 Å².